The van der Waals surface area contributed by atoms with E-state index in [-0.39, 0.29) is 5.97 Å². The molecule has 1 unspecified atom stereocenters. The second kappa shape index (κ2) is 6.98. The van der Waals surface area contributed by atoms with Crippen molar-refractivity contribution in [2.75, 3.05) is 12.4 Å². The Labute approximate surface area is 120 Å². The molecular formula is C14H20BN2O3+. The maximum Gasteiger partial charge on any atom is 0.508 e. The van der Waals surface area contributed by atoms with Crippen molar-refractivity contribution in [2.24, 2.45) is 0 Å². The van der Waals surface area contributed by atoms with Gasteiger partial charge in [-0.25, -0.2) is 4.79 Å². The number of carbonyl (C=O) groups is 1. The predicted molar refractivity (Wildman–Crippen MR) is 81.2 cm³/mol. The fraction of sp³-hybridized carbons (Fsp3) is 0.429. The lowest BCUT2D eigenvalue weighted by Gasteiger charge is -2.23. The van der Waals surface area contributed by atoms with E-state index in [0.29, 0.717) is 17.6 Å². The normalized spacial score (nSPS) is 13.2. The Hall–Kier alpha value is -1.98. The fourth-order valence-electron chi connectivity index (χ4n) is 1.93. The van der Waals surface area contributed by atoms with Crippen LogP contribution in [0.5, 0.6) is 0 Å². The van der Waals surface area contributed by atoms with Gasteiger partial charge in [0, 0.05) is 5.69 Å². The Balaban J connectivity index is 2.71. The van der Waals surface area contributed by atoms with Crippen LogP contribution < -0.4 is 16.1 Å². The van der Waals surface area contributed by atoms with Crippen LogP contribution in [-0.4, -0.2) is 37.3 Å². The Bertz CT molecular complexity index is 476. The summed E-state index contributed by atoms with van der Waals surface area (Å²) in [6.07, 6.45) is 1.34. The summed E-state index contributed by atoms with van der Waals surface area (Å²) in [6, 6.07) is 6.37. The number of esters is 1. The lowest BCUT2D eigenvalue weighted by Crippen LogP contribution is -2.54. The summed E-state index contributed by atoms with van der Waals surface area (Å²) in [5.41, 5.74) is 0.311. The van der Waals surface area contributed by atoms with Crippen molar-refractivity contribution in [1.82, 2.24) is 5.32 Å². The van der Waals surface area contributed by atoms with Gasteiger partial charge in [0.25, 0.3) is 0 Å². The number of hydrogen-bond donors (Lipinski definition) is 2. The molecule has 2 radical (unpaired) electrons. The van der Waals surface area contributed by atoms with Crippen LogP contribution in [-0.2, 0) is 4.74 Å². The summed E-state index contributed by atoms with van der Waals surface area (Å²) in [6.45, 7) is 3.67. The topological polar surface area (TPSA) is 71.8 Å². The van der Waals surface area contributed by atoms with Gasteiger partial charge in [-0.1, -0.05) is 30.9 Å². The van der Waals surface area contributed by atoms with Gasteiger partial charge >= 0.3 is 12.0 Å². The van der Waals surface area contributed by atoms with Crippen molar-refractivity contribution in [3.05, 3.63) is 24.3 Å². The molecule has 1 aromatic rings. The molecule has 106 valence electrons. The van der Waals surface area contributed by atoms with Crippen LogP contribution in [0.4, 0.5) is 10.5 Å². The molecule has 1 atom stereocenters. The third-order valence-corrected chi connectivity index (χ3v) is 2.97. The highest BCUT2D eigenvalue weighted by molar-refractivity contribution is 6.32. The monoisotopic (exact) mass is 275 g/mol. The number of ether oxygens (including phenoxy) is 1. The largest absolute Gasteiger partial charge is 0.508 e. The second-order valence-electron chi connectivity index (χ2n) is 4.79. The van der Waals surface area contributed by atoms with Crippen LogP contribution in [0, 0.1) is 0 Å². The second-order valence-corrected chi connectivity index (χ2v) is 4.79. The van der Waals surface area contributed by atoms with Crippen molar-refractivity contribution >= 4 is 31.0 Å². The summed E-state index contributed by atoms with van der Waals surface area (Å²) in [5, 5.41) is 5.39. The smallest absolute Gasteiger partial charge is 0.337 e. The molecule has 6 heteroatoms. The Morgan fingerprint density at radius 1 is 1.40 bits per heavy atom. The molecule has 0 aliphatic heterocycles. The number of urea groups is 1. The number of amides is 2. The van der Waals surface area contributed by atoms with Gasteiger partial charge < -0.3 is 20.2 Å². The van der Waals surface area contributed by atoms with Crippen LogP contribution in [0.15, 0.2) is 24.3 Å². The fourth-order valence-corrected chi connectivity index (χ4v) is 1.93. The van der Waals surface area contributed by atoms with Crippen LogP contribution in [0.1, 0.15) is 26.7 Å². The van der Waals surface area contributed by atoms with Crippen LogP contribution in [0.2, 0.25) is 0 Å². The molecule has 0 aromatic heterocycles. The van der Waals surface area contributed by atoms with Crippen LogP contribution in [0.3, 0.4) is 0 Å². The molecule has 0 fully saturated rings. The van der Waals surface area contributed by atoms with Gasteiger partial charge in [-0.05, 0) is 25.5 Å². The van der Waals surface area contributed by atoms with Gasteiger partial charge in [0.2, 0.25) is 0 Å². The SMILES string of the molecule is [B]c1ccc(NC(=O)NC(C)(CCC)C(=[OH+])OC)cc1. The standard InChI is InChI=1S/C14H19BN2O3/c1-4-9-14(2,12(18)20-3)17-13(19)16-11-7-5-10(15)6-8-11/h5-8H,4,9H2,1-3H3,(H2,16,17,19)/p+1. The number of benzene rings is 1. The third kappa shape index (κ3) is 4.29. The maximum absolute atomic E-state index is 12.0. The number of anilines is 1. The van der Waals surface area contributed by atoms with E-state index in [1.54, 1.807) is 31.2 Å². The lowest BCUT2D eigenvalue weighted by atomic mass is 9.96. The zero-order valence-electron chi connectivity index (χ0n) is 12.1. The molecule has 5 nitrogen and oxygen atoms in total. The molecule has 0 bridgehead atoms. The third-order valence-electron chi connectivity index (χ3n) is 2.97. The zero-order chi connectivity index (χ0) is 15.2. The molecule has 0 spiro atoms. The molecule has 0 saturated heterocycles. The molecule has 0 aliphatic carbocycles. The Kier molecular flexibility index (Phi) is 5.61. The van der Waals surface area contributed by atoms with Crippen molar-refractivity contribution in [3.8, 4) is 0 Å². The Morgan fingerprint density at radius 2 is 2.00 bits per heavy atom. The quantitative estimate of drug-likeness (QED) is 0.483. The van der Waals surface area contributed by atoms with Gasteiger partial charge in [0.1, 0.15) is 7.85 Å². The minimum Gasteiger partial charge on any atom is -0.337 e. The molecule has 0 heterocycles. The van der Waals surface area contributed by atoms with Gasteiger partial charge in [-0.2, -0.15) is 0 Å². The maximum atomic E-state index is 12.0. The van der Waals surface area contributed by atoms with Crippen molar-refractivity contribution in [2.45, 2.75) is 32.2 Å². The number of carbonyl (C=O) groups excluding carboxylic acids is 2. The van der Waals surface area contributed by atoms with Gasteiger partial charge in [-0.15, -0.1) is 0 Å². The van der Waals surface area contributed by atoms with E-state index in [1.165, 1.54) is 7.11 Å². The van der Waals surface area contributed by atoms with Gasteiger partial charge in [-0.3, -0.25) is 0 Å². The van der Waals surface area contributed by atoms with E-state index in [2.05, 4.69) is 10.6 Å². The van der Waals surface area contributed by atoms with Crippen molar-refractivity contribution < 1.29 is 14.3 Å². The van der Waals surface area contributed by atoms with Crippen LogP contribution in [0.25, 0.3) is 0 Å². The molecule has 20 heavy (non-hydrogen) atoms. The lowest BCUT2D eigenvalue weighted by molar-refractivity contribution is 0.232. The van der Waals surface area contributed by atoms with Crippen LogP contribution >= 0.6 is 0 Å². The molecule has 1 aromatic carbocycles. The number of nitrogens with one attached hydrogen (secondary N) is 2. The van der Waals surface area contributed by atoms with Gasteiger partial charge in [0.05, 0.1) is 0 Å². The molecular weight excluding hydrogens is 255 g/mol. The molecule has 1 rings (SSSR count). The van der Waals surface area contributed by atoms with E-state index in [9.17, 15) is 9.59 Å². The highest BCUT2D eigenvalue weighted by Gasteiger charge is 2.41. The molecule has 0 saturated carbocycles. The predicted octanol–water partition coefficient (Wildman–Crippen LogP) is 1.31. The highest BCUT2D eigenvalue weighted by Crippen LogP contribution is 2.14. The first-order chi connectivity index (χ1) is 9.41. The highest BCUT2D eigenvalue weighted by atomic mass is 16.5. The van der Waals surface area contributed by atoms with E-state index in [4.69, 9.17) is 12.6 Å². The molecule has 2 amide bonds. The van der Waals surface area contributed by atoms with Crippen molar-refractivity contribution in [3.63, 3.8) is 0 Å². The zero-order valence-corrected chi connectivity index (χ0v) is 12.1. The molecule has 3 N–H and O–H groups in total. The summed E-state index contributed by atoms with van der Waals surface area (Å²) in [4.78, 5) is 21.8. The summed E-state index contributed by atoms with van der Waals surface area (Å²) in [5.74, 6) is -0.216. The average Bonchev–Trinajstić information content (AvgIpc) is 2.40. The average molecular weight is 275 g/mol. The number of hydrogen-bond acceptors (Lipinski definition) is 2. The van der Waals surface area contributed by atoms with E-state index in [1.807, 2.05) is 6.92 Å². The minimum atomic E-state index is -0.929. The van der Waals surface area contributed by atoms with Gasteiger partial charge in [0.15, 0.2) is 12.6 Å². The first kappa shape index (κ1) is 16.1. The number of methoxy groups -OCH3 is 1. The van der Waals surface area contributed by atoms with Crippen molar-refractivity contribution in [1.29, 1.82) is 0 Å². The van der Waals surface area contributed by atoms with E-state index in [0.717, 1.165) is 6.42 Å². The summed E-state index contributed by atoms with van der Waals surface area (Å²) >= 11 is 0. The minimum absolute atomic E-state index is 0.216. The van der Waals surface area contributed by atoms with E-state index < -0.39 is 11.6 Å². The summed E-state index contributed by atoms with van der Waals surface area (Å²) in [7, 11) is 6.94. The summed E-state index contributed by atoms with van der Waals surface area (Å²) < 4.78 is 4.85. The number of rotatable bonds is 5. The van der Waals surface area contributed by atoms with E-state index >= 15 is 0 Å². The first-order valence-electron chi connectivity index (χ1n) is 6.46. The first-order valence-corrected chi connectivity index (χ1v) is 6.46. The Morgan fingerprint density at radius 3 is 2.50 bits per heavy atom. The molecule has 0 aliphatic rings.